The van der Waals surface area contributed by atoms with Gasteiger partial charge in [0.2, 0.25) is 11.5 Å². The number of hydrogen-bond donors (Lipinski definition) is 0. The van der Waals surface area contributed by atoms with E-state index in [4.69, 9.17) is 4.74 Å². The number of ether oxygens (including phenoxy) is 1. The summed E-state index contributed by atoms with van der Waals surface area (Å²) in [6.07, 6.45) is 1.54. The molecule has 2 aromatic heterocycles. The van der Waals surface area contributed by atoms with Gasteiger partial charge in [0, 0.05) is 12.6 Å². The summed E-state index contributed by atoms with van der Waals surface area (Å²) in [5.41, 5.74) is 1.63. The predicted molar refractivity (Wildman–Crippen MR) is 89.2 cm³/mol. The highest BCUT2D eigenvalue weighted by atomic mass is 16.6. The molecule has 1 atom stereocenters. The molecule has 122 valence electrons. The molecule has 0 radical (unpaired) electrons. The topological polar surface area (TPSA) is 72.9 Å². The molecular formula is C17H16N4O3. The highest BCUT2D eigenvalue weighted by molar-refractivity contribution is 5.63. The maximum absolute atomic E-state index is 11.6. The smallest absolute Gasteiger partial charge is 0.370 e. The van der Waals surface area contributed by atoms with Crippen LogP contribution in [-0.2, 0) is 4.74 Å². The Balaban J connectivity index is 1.72. The molecule has 3 aromatic rings. The van der Waals surface area contributed by atoms with Crippen LogP contribution < -0.4 is 4.90 Å². The first kappa shape index (κ1) is 14.6. The number of imidazole rings is 1. The fourth-order valence-electron chi connectivity index (χ4n) is 3.06. The van der Waals surface area contributed by atoms with Crippen LogP contribution in [0, 0.1) is 10.1 Å². The number of morpholine rings is 1. The van der Waals surface area contributed by atoms with Gasteiger partial charge in [-0.05, 0) is 16.6 Å². The second kappa shape index (κ2) is 5.93. The van der Waals surface area contributed by atoms with Crippen molar-refractivity contribution >= 4 is 17.3 Å². The monoisotopic (exact) mass is 324 g/mol. The zero-order chi connectivity index (χ0) is 16.5. The molecule has 7 heteroatoms. The zero-order valence-electron chi connectivity index (χ0n) is 12.9. The summed E-state index contributed by atoms with van der Waals surface area (Å²) in [6, 6.07) is 15.2. The van der Waals surface area contributed by atoms with E-state index in [-0.39, 0.29) is 16.8 Å². The molecule has 1 fully saturated rings. The van der Waals surface area contributed by atoms with Crippen LogP contribution in [0.15, 0.2) is 54.7 Å². The first-order valence-electron chi connectivity index (χ1n) is 7.77. The van der Waals surface area contributed by atoms with Crippen LogP contribution in [0.4, 0.5) is 11.6 Å². The normalized spacial score (nSPS) is 18.0. The molecule has 4 rings (SSSR count). The number of aromatic nitrogens is 2. The predicted octanol–water partition coefficient (Wildman–Crippen LogP) is 2.82. The standard InChI is InChI=1S/C17H16N4O3/c22-21(23)17-16(18-15-8-4-5-9-20(15)17)19-10-11-24-14(12-19)13-6-2-1-3-7-13/h1-9,14H,10-12H2. The molecule has 24 heavy (non-hydrogen) atoms. The summed E-state index contributed by atoms with van der Waals surface area (Å²) in [5, 5.41) is 11.6. The number of rotatable bonds is 3. The Hall–Kier alpha value is -2.93. The van der Waals surface area contributed by atoms with E-state index in [1.54, 1.807) is 18.3 Å². The number of benzene rings is 1. The van der Waals surface area contributed by atoms with Gasteiger partial charge >= 0.3 is 5.82 Å². The van der Waals surface area contributed by atoms with Crippen molar-refractivity contribution in [3.8, 4) is 0 Å². The molecular weight excluding hydrogens is 308 g/mol. The lowest BCUT2D eigenvalue weighted by molar-refractivity contribution is -0.389. The summed E-state index contributed by atoms with van der Waals surface area (Å²) in [4.78, 5) is 17.6. The maximum atomic E-state index is 11.6. The van der Waals surface area contributed by atoms with Gasteiger partial charge in [0.05, 0.1) is 19.3 Å². The van der Waals surface area contributed by atoms with Crippen LogP contribution in [0.25, 0.3) is 5.65 Å². The number of fused-ring (bicyclic) bond motifs is 1. The SMILES string of the molecule is O=[N+]([O-])c1c(N2CCOC(c3ccccc3)C2)nc2ccccn12. The van der Waals surface area contributed by atoms with Gasteiger partial charge in [0.1, 0.15) is 6.10 Å². The molecule has 0 aliphatic carbocycles. The average Bonchev–Trinajstić information content (AvgIpc) is 3.02. The van der Waals surface area contributed by atoms with Crippen molar-refractivity contribution in [2.45, 2.75) is 6.10 Å². The molecule has 3 heterocycles. The van der Waals surface area contributed by atoms with Crippen LogP contribution in [0.3, 0.4) is 0 Å². The summed E-state index contributed by atoms with van der Waals surface area (Å²) in [5.74, 6) is 0.398. The Morgan fingerprint density at radius 1 is 1.17 bits per heavy atom. The third-order valence-electron chi connectivity index (χ3n) is 4.20. The number of nitro groups is 1. The Bertz CT molecular complexity index is 878. The van der Waals surface area contributed by atoms with E-state index >= 15 is 0 Å². The van der Waals surface area contributed by atoms with Crippen LogP contribution in [0.2, 0.25) is 0 Å². The number of anilines is 1. The van der Waals surface area contributed by atoms with Gasteiger partial charge in [-0.1, -0.05) is 36.4 Å². The number of hydrogen-bond acceptors (Lipinski definition) is 5. The van der Waals surface area contributed by atoms with Crippen LogP contribution in [-0.4, -0.2) is 34.0 Å². The molecule has 1 saturated heterocycles. The van der Waals surface area contributed by atoms with Crippen LogP contribution >= 0.6 is 0 Å². The van der Waals surface area contributed by atoms with Crippen molar-refractivity contribution in [2.75, 3.05) is 24.6 Å². The van der Waals surface area contributed by atoms with Gasteiger partial charge in [0.25, 0.3) is 0 Å². The van der Waals surface area contributed by atoms with Crippen molar-refractivity contribution in [3.63, 3.8) is 0 Å². The van der Waals surface area contributed by atoms with Gasteiger partial charge < -0.3 is 19.8 Å². The third-order valence-corrected chi connectivity index (χ3v) is 4.20. The highest BCUT2D eigenvalue weighted by Crippen LogP contribution is 2.32. The molecule has 1 aliphatic rings. The minimum Gasteiger partial charge on any atom is -0.370 e. The molecule has 0 bridgehead atoms. The Morgan fingerprint density at radius 2 is 1.96 bits per heavy atom. The minimum absolute atomic E-state index is 0.000637. The van der Waals surface area contributed by atoms with Gasteiger partial charge in [-0.3, -0.25) is 0 Å². The highest BCUT2D eigenvalue weighted by Gasteiger charge is 2.31. The summed E-state index contributed by atoms with van der Waals surface area (Å²) >= 11 is 0. The quantitative estimate of drug-likeness (QED) is 0.547. The second-order valence-electron chi connectivity index (χ2n) is 5.66. The fourth-order valence-corrected chi connectivity index (χ4v) is 3.06. The van der Waals surface area contributed by atoms with E-state index in [0.717, 1.165) is 5.56 Å². The van der Waals surface area contributed by atoms with Crippen LogP contribution in [0.1, 0.15) is 11.7 Å². The van der Waals surface area contributed by atoms with Crippen molar-refractivity contribution in [3.05, 3.63) is 70.4 Å². The Labute approximate surface area is 138 Å². The molecule has 1 aromatic carbocycles. The first-order chi connectivity index (χ1) is 11.7. The van der Waals surface area contributed by atoms with E-state index < -0.39 is 0 Å². The van der Waals surface area contributed by atoms with Crippen molar-refractivity contribution < 1.29 is 9.66 Å². The summed E-state index contributed by atoms with van der Waals surface area (Å²) in [6.45, 7) is 1.62. The average molecular weight is 324 g/mol. The summed E-state index contributed by atoms with van der Waals surface area (Å²) < 4.78 is 7.36. The lowest BCUT2D eigenvalue weighted by Crippen LogP contribution is -2.38. The third kappa shape index (κ3) is 2.48. The Morgan fingerprint density at radius 3 is 2.75 bits per heavy atom. The largest absolute Gasteiger partial charge is 0.372 e. The van der Waals surface area contributed by atoms with E-state index in [1.807, 2.05) is 41.3 Å². The molecule has 7 nitrogen and oxygen atoms in total. The number of nitrogens with zero attached hydrogens (tertiary/aromatic N) is 4. The molecule has 0 spiro atoms. The van der Waals surface area contributed by atoms with Crippen LogP contribution in [0.5, 0.6) is 0 Å². The lowest BCUT2D eigenvalue weighted by atomic mass is 10.1. The first-order valence-corrected chi connectivity index (χ1v) is 7.77. The zero-order valence-corrected chi connectivity index (χ0v) is 12.9. The molecule has 0 N–H and O–H groups in total. The summed E-state index contributed by atoms with van der Waals surface area (Å²) in [7, 11) is 0. The minimum atomic E-state index is -0.373. The molecule has 1 aliphatic heterocycles. The van der Waals surface area contributed by atoms with Gasteiger partial charge in [-0.25, -0.2) is 0 Å². The second-order valence-corrected chi connectivity index (χ2v) is 5.66. The molecule has 0 saturated carbocycles. The number of pyridine rings is 1. The van der Waals surface area contributed by atoms with Crippen molar-refractivity contribution in [1.29, 1.82) is 0 Å². The van der Waals surface area contributed by atoms with E-state index in [1.165, 1.54) is 4.40 Å². The van der Waals surface area contributed by atoms with Gasteiger partial charge in [-0.2, -0.15) is 9.38 Å². The van der Waals surface area contributed by atoms with E-state index in [9.17, 15) is 10.1 Å². The van der Waals surface area contributed by atoms with Gasteiger partial charge in [0.15, 0.2) is 0 Å². The van der Waals surface area contributed by atoms with E-state index in [0.29, 0.717) is 31.2 Å². The Kier molecular flexibility index (Phi) is 3.62. The lowest BCUT2D eigenvalue weighted by Gasteiger charge is -2.32. The molecule has 1 unspecified atom stereocenters. The van der Waals surface area contributed by atoms with Gasteiger partial charge in [-0.15, -0.1) is 0 Å². The fraction of sp³-hybridized carbons (Fsp3) is 0.235. The van der Waals surface area contributed by atoms with Crippen molar-refractivity contribution in [2.24, 2.45) is 0 Å². The van der Waals surface area contributed by atoms with E-state index in [2.05, 4.69) is 4.98 Å². The van der Waals surface area contributed by atoms with Crippen molar-refractivity contribution in [1.82, 2.24) is 9.38 Å². The molecule has 0 amide bonds. The maximum Gasteiger partial charge on any atom is 0.372 e.